The second kappa shape index (κ2) is 8.37. The normalized spacial score (nSPS) is 17.0. The Balaban J connectivity index is 1.63. The Labute approximate surface area is 159 Å². The number of benzene rings is 2. The van der Waals surface area contributed by atoms with Crippen LogP contribution in [0.3, 0.4) is 0 Å². The van der Waals surface area contributed by atoms with Crippen LogP contribution in [0.25, 0.3) is 0 Å². The molecule has 0 radical (unpaired) electrons. The Bertz CT molecular complexity index is 789. The third kappa shape index (κ3) is 4.44. The van der Waals surface area contributed by atoms with Gasteiger partial charge in [-0.3, -0.25) is 9.59 Å². The van der Waals surface area contributed by atoms with Gasteiger partial charge in [-0.15, -0.1) is 0 Å². The highest BCUT2D eigenvalue weighted by molar-refractivity contribution is 6.30. The van der Waals surface area contributed by atoms with Crippen molar-refractivity contribution in [3.8, 4) is 0 Å². The van der Waals surface area contributed by atoms with Gasteiger partial charge in [-0.05, 0) is 55.2 Å². The van der Waals surface area contributed by atoms with E-state index in [2.05, 4.69) is 12.2 Å². The van der Waals surface area contributed by atoms with Crippen LogP contribution in [0.1, 0.15) is 35.7 Å². The molecule has 1 atom stereocenters. The summed E-state index contributed by atoms with van der Waals surface area (Å²) in [4.78, 5) is 27.0. The largest absolute Gasteiger partial charge is 0.338 e. The zero-order valence-electron chi connectivity index (χ0n) is 14.9. The van der Waals surface area contributed by atoms with Gasteiger partial charge in [-0.25, -0.2) is 0 Å². The predicted octanol–water partition coefficient (Wildman–Crippen LogP) is 4.39. The maximum absolute atomic E-state index is 12.7. The average Bonchev–Trinajstić information content (AvgIpc) is 2.68. The SMILES string of the molecule is CCc1ccc(NC(=O)[C@H]2CCCN(C(=O)c3cccc(Cl)c3)C2)cc1. The summed E-state index contributed by atoms with van der Waals surface area (Å²) in [7, 11) is 0. The number of carbonyl (C=O) groups excluding carboxylic acids is 2. The van der Waals surface area contributed by atoms with Crippen molar-refractivity contribution in [1.29, 1.82) is 0 Å². The van der Waals surface area contributed by atoms with Crippen molar-refractivity contribution in [3.63, 3.8) is 0 Å². The fraction of sp³-hybridized carbons (Fsp3) is 0.333. The van der Waals surface area contributed by atoms with E-state index in [9.17, 15) is 9.59 Å². The summed E-state index contributed by atoms with van der Waals surface area (Å²) >= 11 is 5.98. The van der Waals surface area contributed by atoms with Crippen LogP contribution >= 0.6 is 11.6 Å². The molecule has 1 saturated heterocycles. The lowest BCUT2D eigenvalue weighted by Gasteiger charge is -2.32. The van der Waals surface area contributed by atoms with Gasteiger partial charge in [0.15, 0.2) is 0 Å². The van der Waals surface area contributed by atoms with E-state index in [0.29, 0.717) is 23.7 Å². The number of piperidine rings is 1. The minimum absolute atomic E-state index is 0.0298. The third-order valence-electron chi connectivity index (χ3n) is 4.78. The van der Waals surface area contributed by atoms with Crippen molar-refractivity contribution in [2.75, 3.05) is 18.4 Å². The molecule has 2 aromatic carbocycles. The second-order valence-corrected chi connectivity index (χ2v) is 7.08. The van der Waals surface area contributed by atoms with Crippen LogP contribution in [0.4, 0.5) is 5.69 Å². The van der Waals surface area contributed by atoms with E-state index in [1.165, 1.54) is 5.56 Å². The third-order valence-corrected chi connectivity index (χ3v) is 5.02. The number of nitrogens with zero attached hydrogens (tertiary/aromatic N) is 1. The van der Waals surface area contributed by atoms with Gasteiger partial charge in [0.1, 0.15) is 0 Å². The molecule has 1 fully saturated rings. The number of halogens is 1. The van der Waals surface area contributed by atoms with Gasteiger partial charge in [0.25, 0.3) is 5.91 Å². The maximum atomic E-state index is 12.7. The molecule has 3 rings (SSSR count). The van der Waals surface area contributed by atoms with Crippen LogP contribution in [0.5, 0.6) is 0 Å². The number of amides is 2. The number of likely N-dealkylation sites (tertiary alicyclic amines) is 1. The van der Waals surface area contributed by atoms with Gasteiger partial charge < -0.3 is 10.2 Å². The lowest BCUT2D eigenvalue weighted by molar-refractivity contribution is -0.121. The molecule has 26 heavy (non-hydrogen) atoms. The Hall–Kier alpha value is -2.33. The number of nitrogens with one attached hydrogen (secondary N) is 1. The number of hydrogen-bond acceptors (Lipinski definition) is 2. The molecule has 0 aliphatic carbocycles. The van der Waals surface area contributed by atoms with E-state index in [1.54, 1.807) is 29.2 Å². The Morgan fingerprint density at radius 2 is 1.96 bits per heavy atom. The molecule has 1 N–H and O–H groups in total. The first-order valence-corrected chi connectivity index (χ1v) is 9.39. The van der Waals surface area contributed by atoms with Crippen LogP contribution in [0.15, 0.2) is 48.5 Å². The molecule has 0 spiro atoms. The molecular weight excluding hydrogens is 348 g/mol. The smallest absolute Gasteiger partial charge is 0.253 e. The summed E-state index contributed by atoms with van der Waals surface area (Å²) in [5.41, 5.74) is 2.60. The standard InChI is InChI=1S/C21H23ClN2O2/c1-2-15-8-10-19(11-9-15)23-20(25)17-6-4-12-24(14-17)21(26)16-5-3-7-18(22)13-16/h3,5,7-11,13,17H,2,4,6,12,14H2,1H3,(H,23,25)/t17-/m0/s1. The van der Waals surface area contributed by atoms with Gasteiger partial charge >= 0.3 is 0 Å². The van der Waals surface area contributed by atoms with Crippen molar-refractivity contribution in [2.24, 2.45) is 5.92 Å². The number of aryl methyl sites for hydroxylation is 1. The van der Waals surface area contributed by atoms with Gasteiger partial charge in [0.2, 0.25) is 5.91 Å². The molecule has 1 aliphatic rings. The Kier molecular flexibility index (Phi) is 5.94. The van der Waals surface area contributed by atoms with Crippen molar-refractivity contribution >= 4 is 29.1 Å². The average molecular weight is 371 g/mol. The van der Waals surface area contributed by atoms with E-state index in [1.807, 2.05) is 24.3 Å². The number of rotatable bonds is 4. The van der Waals surface area contributed by atoms with Crippen molar-refractivity contribution < 1.29 is 9.59 Å². The molecule has 0 bridgehead atoms. The lowest BCUT2D eigenvalue weighted by atomic mass is 9.96. The van der Waals surface area contributed by atoms with E-state index in [-0.39, 0.29) is 17.7 Å². The lowest BCUT2D eigenvalue weighted by Crippen LogP contribution is -2.43. The topological polar surface area (TPSA) is 49.4 Å². The van der Waals surface area contributed by atoms with E-state index in [0.717, 1.165) is 24.9 Å². The molecule has 0 aromatic heterocycles. The Morgan fingerprint density at radius 1 is 1.19 bits per heavy atom. The molecule has 1 heterocycles. The quantitative estimate of drug-likeness (QED) is 0.867. The van der Waals surface area contributed by atoms with Crippen molar-refractivity contribution in [2.45, 2.75) is 26.2 Å². The van der Waals surface area contributed by atoms with Crippen LogP contribution in [-0.2, 0) is 11.2 Å². The first-order chi connectivity index (χ1) is 12.6. The van der Waals surface area contributed by atoms with Crippen LogP contribution < -0.4 is 5.32 Å². The van der Waals surface area contributed by atoms with Gasteiger partial charge in [-0.1, -0.05) is 36.7 Å². The van der Waals surface area contributed by atoms with Crippen LogP contribution in [-0.4, -0.2) is 29.8 Å². The van der Waals surface area contributed by atoms with Gasteiger partial charge in [0, 0.05) is 29.4 Å². The van der Waals surface area contributed by atoms with Crippen molar-refractivity contribution in [1.82, 2.24) is 4.90 Å². The summed E-state index contributed by atoms with van der Waals surface area (Å²) in [5, 5.41) is 3.51. The molecule has 5 heteroatoms. The second-order valence-electron chi connectivity index (χ2n) is 6.64. The molecule has 136 valence electrons. The molecule has 1 aliphatic heterocycles. The summed E-state index contributed by atoms with van der Waals surface area (Å²) < 4.78 is 0. The molecule has 2 aromatic rings. The number of anilines is 1. The highest BCUT2D eigenvalue weighted by atomic mass is 35.5. The number of carbonyl (C=O) groups is 2. The summed E-state index contributed by atoms with van der Waals surface area (Å²) in [5.74, 6) is -0.298. The minimum Gasteiger partial charge on any atom is -0.338 e. The zero-order valence-corrected chi connectivity index (χ0v) is 15.6. The first-order valence-electron chi connectivity index (χ1n) is 9.01. The van der Waals surface area contributed by atoms with E-state index in [4.69, 9.17) is 11.6 Å². The predicted molar refractivity (Wildman–Crippen MR) is 105 cm³/mol. The minimum atomic E-state index is -0.197. The monoisotopic (exact) mass is 370 g/mol. The van der Waals surface area contributed by atoms with Gasteiger partial charge in [0.05, 0.1) is 5.92 Å². The fourth-order valence-electron chi connectivity index (χ4n) is 3.25. The van der Waals surface area contributed by atoms with Crippen LogP contribution in [0, 0.1) is 5.92 Å². The summed E-state index contributed by atoms with van der Waals surface area (Å²) in [6.07, 6.45) is 2.58. The highest BCUT2D eigenvalue weighted by Crippen LogP contribution is 2.22. The fourth-order valence-corrected chi connectivity index (χ4v) is 3.44. The zero-order chi connectivity index (χ0) is 18.5. The van der Waals surface area contributed by atoms with Crippen molar-refractivity contribution in [3.05, 3.63) is 64.7 Å². The first kappa shape index (κ1) is 18.5. The highest BCUT2D eigenvalue weighted by Gasteiger charge is 2.29. The van der Waals surface area contributed by atoms with Gasteiger partial charge in [-0.2, -0.15) is 0 Å². The molecule has 0 unspecified atom stereocenters. The summed E-state index contributed by atoms with van der Waals surface area (Å²) in [6.45, 7) is 3.20. The maximum Gasteiger partial charge on any atom is 0.253 e. The molecular formula is C21H23ClN2O2. The van der Waals surface area contributed by atoms with E-state index >= 15 is 0 Å². The number of hydrogen-bond donors (Lipinski definition) is 1. The molecule has 2 amide bonds. The molecule has 4 nitrogen and oxygen atoms in total. The summed E-state index contributed by atoms with van der Waals surface area (Å²) in [6, 6.07) is 14.8. The van der Waals surface area contributed by atoms with E-state index < -0.39 is 0 Å². The van der Waals surface area contributed by atoms with Crippen LogP contribution in [0.2, 0.25) is 5.02 Å². The Morgan fingerprint density at radius 3 is 2.65 bits per heavy atom. The molecule has 0 saturated carbocycles.